The van der Waals surface area contributed by atoms with E-state index in [1.807, 2.05) is 0 Å². The highest BCUT2D eigenvalue weighted by atomic mass is 29.7. The van der Waals surface area contributed by atoms with Crippen molar-refractivity contribution in [2.75, 3.05) is 20.8 Å². The van der Waals surface area contributed by atoms with Gasteiger partial charge in [0.1, 0.15) is 0 Å². The number of hydrogen-bond donors (Lipinski definition) is 0. The highest BCUT2D eigenvalue weighted by molar-refractivity contribution is 7.68. The van der Waals surface area contributed by atoms with Crippen molar-refractivity contribution in [2.24, 2.45) is 0 Å². The molecule has 1 atom stereocenters. The standard InChI is InChI=1S/C10H26O4Si4/c1-8-18(14-15(11-2)12-3)16(4,5)10-9-13-17(18,6)7/h8,15H,1,9-10H2,2-7H3. The Kier molecular flexibility index (Phi) is 5.35. The van der Waals surface area contributed by atoms with Crippen LogP contribution in [0, 0.1) is 0 Å². The van der Waals surface area contributed by atoms with Gasteiger partial charge in [0.05, 0.1) is 7.59 Å². The molecule has 4 nitrogen and oxygen atoms in total. The van der Waals surface area contributed by atoms with E-state index in [4.69, 9.17) is 17.4 Å². The van der Waals surface area contributed by atoms with Crippen molar-refractivity contribution in [1.82, 2.24) is 0 Å². The Morgan fingerprint density at radius 2 is 1.72 bits per heavy atom. The monoisotopic (exact) mass is 322 g/mol. The molecular formula is C10H26O4Si4. The highest BCUT2D eigenvalue weighted by Gasteiger charge is 2.64. The van der Waals surface area contributed by atoms with Crippen LogP contribution in [-0.4, -0.2) is 53.1 Å². The summed E-state index contributed by atoms with van der Waals surface area (Å²) in [6, 6.07) is 1.15. The van der Waals surface area contributed by atoms with E-state index in [1.165, 1.54) is 0 Å². The fraction of sp³-hybridized carbons (Fsp3) is 0.800. The van der Waals surface area contributed by atoms with Crippen molar-refractivity contribution in [1.29, 1.82) is 0 Å². The van der Waals surface area contributed by atoms with E-state index in [0.717, 1.165) is 12.7 Å². The smallest absolute Gasteiger partial charge is 0.417 e. The second kappa shape index (κ2) is 5.83. The zero-order chi connectivity index (χ0) is 14.0. The SMILES string of the molecule is C=C[Si]1(O[SiH](OC)OC)[Si](C)(C)CCO[Si]1(C)C. The van der Waals surface area contributed by atoms with Crippen molar-refractivity contribution < 1.29 is 17.4 Å². The lowest BCUT2D eigenvalue weighted by molar-refractivity contribution is 0.200. The molecule has 1 aliphatic heterocycles. The lowest BCUT2D eigenvalue weighted by atomic mass is 10.9. The largest absolute Gasteiger partial charge is 0.473 e. The van der Waals surface area contributed by atoms with E-state index in [1.54, 1.807) is 14.2 Å². The van der Waals surface area contributed by atoms with Gasteiger partial charge >= 0.3 is 9.53 Å². The molecule has 0 aromatic heterocycles. The average Bonchev–Trinajstić information content (AvgIpc) is 2.28. The van der Waals surface area contributed by atoms with Crippen LogP contribution in [-0.2, 0) is 17.4 Å². The van der Waals surface area contributed by atoms with Crippen LogP contribution >= 0.6 is 0 Å². The molecule has 0 radical (unpaired) electrons. The summed E-state index contributed by atoms with van der Waals surface area (Å²) >= 11 is 0. The summed E-state index contributed by atoms with van der Waals surface area (Å²) in [5.74, 6) is 0. The quantitative estimate of drug-likeness (QED) is 0.723. The minimum Gasteiger partial charge on any atom is -0.417 e. The summed E-state index contributed by atoms with van der Waals surface area (Å²) in [7, 11) is -4.15. The molecule has 1 fully saturated rings. The van der Waals surface area contributed by atoms with E-state index >= 15 is 0 Å². The second-order valence-electron chi connectivity index (χ2n) is 5.81. The van der Waals surface area contributed by atoms with Gasteiger partial charge in [-0.15, -0.1) is 6.58 Å². The van der Waals surface area contributed by atoms with Crippen LogP contribution in [0.3, 0.4) is 0 Å². The first kappa shape index (κ1) is 16.5. The first-order valence-corrected chi connectivity index (χ1v) is 17.8. The van der Waals surface area contributed by atoms with Gasteiger partial charge in [-0.25, -0.2) is 0 Å². The molecule has 1 aliphatic rings. The maximum absolute atomic E-state index is 6.47. The molecule has 0 spiro atoms. The molecule has 106 valence electrons. The molecule has 1 heterocycles. The van der Waals surface area contributed by atoms with Gasteiger partial charge in [-0.1, -0.05) is 18.8 Å². The fourth-order valence-corrected chi connectivity index (χ4v) is 46.5. The van der Waals surface area contributed by atoms with Crippen LogP contribution in [0.4, 0.5) is 0 Å². The maximum Gasteiger partial charge on any atom is 0.473 e. The molecular weight excluding hydrogens is 296 g/mol. The first-order chi connectivity index (χ1) is 8.26. The van der Waals surface area contributed by atoms with Crippen molar-refractivity contribution >= 4 is 32.3 Å². The Bertz CT molecular complexity index is 288. The van der Waals surface area contributed by atoms with E-state index in [2.05, 4.69) is 38.5 Å². The Morgan fingerprint density at radius 1 is 1.17 bits per heavy atom. The number of rotatable bonds is 5. The van der Waals surface area contributed by atoms with Gasteiger partial charge in [0.25, 0.3) is 0 Å². The molecule has 8 heteroatoms. The molecule has 0 saturated carbocycles. The molecule has 0 bridgehead atoms. The number of hydrogen-bond acceptors (Lipinski definition) is 4. The summed E-state index contributed by atoms with van der Waals surface area (Å²) in [5, 5.41) is 0. The normalized spacial score (nSPS) is 30.4. The van der Waals surface area contributed by atoms with Gasteiger partial charge < -0.3 is 17.4 Å². The van der Waals surface area contributed by atoms with E-state index in [-0.39, 0.29) is 0 Å². The van der Waals surface area contributed by atoms with Crippen molar-refractivity contribution in [3.8, 4) is 0 Å². The zero-order valence-electron chi connectivity index (χ0n) is 12.4. The summed E-state index contributed by atoms with van der Waals surface area (Å²) < 4.78 is 23.4. The molecule has 1 unspecified atom stereocenters. The van der Waals surface area contributed by atoms with E-state index in [0.29, 0.717) is 0 Å². The molecule has 1 saturated heterocycles. The molecule has 0 aliphatic carbocycles. The zero-order valence-corrected chi connectivity index (χ0v) is 16.6. The Hall–Kier alpha value is 0.448. The minimum atomic E-state index is -2.09. The summed E-state index contributed by atoms with van der Waals surface area (Å²) in [6.45, 7) is 14.4. The second-order valence-corrected chi connectivity index (χ2v) is 31.4. The van der Waals surface area contributed by atoms with Crippen molar-refractivity contribution in [2.45, 2.75) is 32.2 Å². The van der Waals surface area contributed by atoms with Crippen LogP contribution in [0.15, 0.2) is 12.3 Å². The Morgan fingerprint density at radius 3 is 2.11 bits per heavy atom. The van der Waals surface area contributed by atoms with Crippen LogP contribution < -0.4 is 0 Å². The maximum atomic E-state index is 6.47. The van der Waals surface area contributed by atoms with Crippen LogP contribution in [0.1, 0.15) is 0 Å². The molecule has 0 aromatic carbocycles. The Balaban J connectivity index is 3.16. The minimum absolute atomic E-state index is 0.885. The van der Waals surface area contributed by atoms with Gasteiger partial charge in [0.15, 0.2) is 0 Å². The van der Waals surface area contributed by atoms with Crippen LogP contribution in [0.25, 0.3) is 0 Å². The van der Waals surface area contributed by atoms with Crippen molar-refractivity contribution in [3.05, 3.63) is 12.3 Å². The molecule has 0 amide bonds. The molecule has 1 rings (SSSR count). The van der Waals surface area contributed by atoms with E-state index in [9.17, 15) is 0 Å². The summed E-state index contributed by atoms with van der Waals surface area (Å²) in [4.78, 5) is 0. The first-order valence-electron chi connectivity index (χ1n) is 6.27. The third kappa shape index (κ3) is 2.66. The topological polar surface area (TPSA) is 36.9 Å². The van der Waals surface area contributed by atoms with Gasteiger partial charge in [0.2, 0.25) is 15.2 Å². The lowest BCUT2D eigenvalue weighted by Gasteiger charge is -2.53. The van der Waals surface area contributed by atoms with Crippen molar-refractivity contribution in [3.63, 3.8) is 0 Å². The predicted octanol–water partition coefficient (Wildman–Crippen LogP) is 1.78. The van der Waals surface area contributed by atoms with Gasteiger partial charge in [-0.05, 0) is 19.1 Å². The molecule has 0 aromatic rings. The third-order valence-corrected chi connectivity index (χ3v) is 41.3. The molecule has 18 heavy (non-hydrogen) atoms. The van der Waals surface area contributed by atoms with Crippen LogP contribution in [0.2, 0.25) is 32.2 Å². The highest BCUT2D eigenvalue weighted by Crippen LogP contribution is 2.38. The van der Waals surface area contributed by atoms with Gasteiger partial charge in [-0.3, -0.25) is 0 Å². The van der Waals surface area contributed by atoms with Crippen LogP contribution in [0.5, 0.6) is 0 Å². The predicted molar refractivity (Wildman–Crippen MR) is 83.9 cm³/mol. The Labute approximate surface area is 115 Å². The fourth-order valence-electron chi connectivity index (χ4n) is 2.89. The third-order valence-electron chi connectivity index (χ3n) is 4.04. The lowest BCUT2D eigenvalue weighted by Crippen LogP contribution is -2.79. The van der Waals surface area contributed by atoms with Gasteiger partial charge in [0, 0.05) is 20.8 Å². The van der Waals surface area contributed by atoms with Gasteiger partial charge in [-0.2, -0.15) is 0 Å². The van der Waals surface area contributed by atoms with E-state index < -0.39 is 32.3 Å². The summed E-state index contributed by atoms with van der Waals surface area (Å²) in [6.07, 6.45) is 0. The average molecular weight is 323 g/mol. The molecule has 0 N–H and O–H groups in total. The summed E-state index contributed by atoms with van der Waals surface area (Å²) in [5.41, 5.74) is 2.11.